The van der Waals surface area contributed by atoms with E-state index in [1.54, 1.807) is 18.4 Å². The van der Waals surface area contributed by atoms with Gasteiger partial charge in [0.05, 0.1) is 16.8 Å². The van der Waals surface area contributed by atoms with Crippen molar-refractivity contribution in [1.82, 2.24) is 15.5 Å². The molecule has 5 heteroatoms. The number of hydrogen-bond donors (Lipinski definition) is 2. The fourth-order valence-corrected chi connectivity index (χ4v) is 2.55. The first-order valence-corrected chi connectivity index (χ1v) is 7.05. The molecule has 18 heavy (non-hydrogen) atoms. The van der Waals surface area contributed by atoms with Crippen LogP contribution in [0.5, 0.6) is 0 Å². The summed E-state index contributed by atoms with van der Waals surface area (Å²) < 4.78 is 5.02. The number of methoxy groups -OCH3 is 1. The highest BCUT2D eigenvalue weighted by Gasteiger charge is 2.07. The molecule has 2 N–H and O–H groups in total. The van der Waals surface area contributed by atoms with E-state index in [1.807, 2.05) is 6.20 Å². The molecule has 0 radical (unpaired) electrons. The first-order chi connectivity index (χ1) is 8.92. The van der Waals surface area contributed by atoms with E-state index >= 15 is 0 Å². The van der Waals surface area contributed by atoms with Crippen molar-refractivity contribution < 1.29 is 4.74 Å². The maximum absolute atomic E-state index is 5.02. The van der Waals surface area contributed by atoms with E-state index in [2.05, 4.69) is 33.0 Å². The van der Waals surface area contributed by atoms with Gasteiger partial charge in [-0.2, -0.15) is 5.10 Å². The predicted octanol–water partition coefficient (Wildman–Crippen LogP) is 2.65. The van der Waals surface area contributed by atoms with Crippen LogP contribution in [0.1, 0.15) is 18.4 Å². The maximum atomic E-state index is 5.02. The van der Waals surface area contributed by atoms with Crippen LogP contribution in [0, 0.1) is 0 Å². The molecule has 0 unspecified atom stereocenters. The van der Waals surface area contributed by atoms with Gasteiger partial charge in [-0.3, -0.25) is 5.10 Å². The molecular formula is C13H19N3OS. The van der Waals surface area contributed by atoms with E-state index in [9.17, 15) is 0 Å². The normalized spacial score (nSPS) is 10.9. The van der Waals surface area contributed by atoms with Gasteiger partial charge in [-0.25, -0.2) is 0 Å². The first kappa shape index (κ1) is 13.3. The molecule has 0 atom stereocenters. The van der Waals surface area contributed by atoms with Gasteiger partial charge in [-0.1, -0.05) is 6.07 Å². The molecule has 2 rings (SSSR count). The molecule has 0 aliphatic carbocycles. The number of H-pyrrole nitrogens is 1. The van der Waals surface area contributed by atoms with Crippen LogP contribution in [0.15, 0.2) is 23.7 Å². The summed E-state index contributed by atoms with van der Waals surface area (Å²) in [7, 11) is 1.74. The third kappa shape index (κ3) is 3.66. The minimum atomic E-state index is 0.841. The summed E-state index contributed by atoms with van der Waals surface area (Å²) in [5.41, 5.74) is 2.36. The molecule has 0 spiro atoms. The van der Waals surface area contributed by atoms with Gasteiger partial charge in [-0.15, -0.1) is 11.3 Å². The lowest BCUT2D eigenvalue weighted by molar-refractivity contribution is 0.192. The van der Waals surface area contributed by atoms with Gasteiger partial charge in [-0.05, 0) is 30.8 Å². The lowest BCUT2D eigenvalue weighted by Crippen LogP contribution is -2.15. The number of aromatic amines is 1. The summed E-state index contributed by atoms with van der Waals surface area (Å²) in [6.07, 6.45) is 4.14. The third-order valence-electron chi connectivity index (χ3n) is 2.75. The molecule has 2 heterocycles. The maximum Gasteiger partial charge on any atom is 0.0794 e. The molecule has 0 saturated carbocycles. The summed E-state index contributed by atoms with van der Waals surface area (Å²) in [5, 5.41) is 12.7. The molecule has 0 bridgehead atoms. The highest BCUT2D eigenvalue weighted by atomic mass is 32.1. The Hall–Kier alpha value is -1.17. The van der Waals surface area contributed by atoms with Crippen LogP contribution in [0.3, 0.4) is 0 Å². The van der Waals surface area contributed by atoms with E-state index in [1.165, 1.54) is 10.4 Å². The quantitative estimate of drug-likeness (QED) is 0.721. The molecule has 0 aromatic carbocycles. The van der Waals surface area contributed by atoms with E-state index in [0.29, 0.717) is 0 Å². The van der Waals surface area contributed by atoms with Crippen molar-refractivity contribution in [3.8, 4) is 10.6 Å². The predicted molar refractivity (Wildman–Crippen MR) is 74.7 cm³/mol. The highest BCUT2D eigenvalue weighted by Crippen LogP contribution is 2.25. The fourth-order valence-electron chi connectivity index (χ4n) is 1.80. The van der Waals surface area contributed by atoms with Gasteiger partial charge < -0.3 is 10.1 Å². The van der Waals surface area contributed by atoms with Crippen molar-refractivity contribution in [2.24, 2.45) is 0 Å². The summed E-state index contributed by atoms with van der Waals surface area (Å²) in [5.74, 6) is 0. The average molecular weight is 265 g/mol. The molecule has 0 amide bonds. The number of aromatic nitrogens is 2. The number of hydrogen-bond acceptors (Lipinski definition) is 4. The van der Waals surface area contributed by atoms with Gasteiger partial charge in [0.15, 0.2) is 0 Å². The van der Waals surface area contributed by atoms with Crippen LogP contribution in [-0.4, -0.2) is 30.5 Å². The lowest BCUT2D eigenvalue weighted by atomic mass is 10.2. The van der Waals surface area contributed by atoms with Crippen LogP contribution < -0.4 is 5.32 Å². The molecule has 98 valence electrons. The largest absolute Gasteiger partial charge is 0.385 e. The highest BCUT2D eigenvalue weighted by molar-refractivity contribution is 7.13. The number of ether oxygens (including phenoxy) is 1. The standard InChI is InChI=1S/C13H19N3OS/c1-17-7-3-2-6-14-9-11-10-15-16-13(11)12-5-4-8-18-12/h4-5,8,10,14H,2-3,6-7,9H2,1H3,(H,15,16). The fraction of sp³-hybridized carbons (Fsp3) is 0.462. The topological polar surface area (TPSA) is 49.9 Å². The van der Waals surface area contributed by atoms with Gasteiger partial charge in [0.2, 0.25) is 0 Å². The van der Waals surface area contributed by atoms with E-state index in [0.717, 1.165) is 38.2 Å². The van der Waals surface area contributed by atoms with Crippen LogP contribution in [0.4, 0.5) is 0 Å². The van der Waals surface area contributed by atoms with E-state index in [-0.39, 0.29) is 0 Å². The second kappa shape index (κ2) is 7.31. The molecular weight excluding hydrogens is 246 g/mol. The molecule has 0 aliphatic rings. The number of thiophene rings is 1. The van der Waals surface area contributed by atoms with Crippen molar-refractivity contribution >= 4 is 11.3 Å². The number of nitrogens with zero attached hydrogens (tertiary/aromatic N) is 1. The smallest absolute Gasteiger partial charge is 0.0794 e. The lowest BCUT2D eigenvalue weighted by Gasteiger charge is -2.04. The second-order valence-electron chi connectivity index (χ2n) is 4.12. The SMILES string of the molecule is COCCCCNCc1cn[nH]c1-c1cccs1. The van der Waals surface area contributed by atoms with Crippen LogP contribution in [0.25, 0.3) is 10.6 Å². The van der Waals surface area contributed by atoms with Gasteiger partial charge >= 0.3 is 0 Å². The number of unbranched alkanes of at least 4 members (excludes halogenated alkanes) is 1. The molecule has 0 aliphatic heterocycles. The summed E-state index contributed by atoms with van der Waals surface area (Å²) in [6.45, 7) is 2.71. The Morgan fingerprint density at radius 3 is 3.17 bits per heavy atom. The minimum Gasteiger partial charge on any atom is -0.385 e. The average Bonchev–Trinajstić information content (AvgIpc) is 3.03. The number of rotatable bonds is 8. The van der Waals surface area contributed by atoms with Crippen LogP contribution in [-0.2, 0) is 11.3 Å². The van der Waals surface area contributed by atoms with Crippen molar-refractivity contribution in [2.75, 3.05) is 20.3 Å². The Morgan fingerprint density at radius 2 is 2.39 bits per heavy atom. The molecule has 4 nitrogen and oxygen atoms in total. The summed E-state index contributed by atoms with van der Waals surface area (Å²) in [6, 6.07) is 4.17. The molecule has 2 aromatic heterocycles. The van der Waals surface area contributed by atoms with Gasteiger partial charge in [0.25, 0.3) is 0 Å². The molecule has 2 aromatic rings. The summed E-state index contributed by atoms with van der Waals surface area (Å²) >= 11 is 1.73. The Kier molecular flexibility index (Phi) is 5.38. The van der Waals surface area contributed by atoms with Gasteiger partial charge in [0, 0.05) is 25.8 Å². The van der Waals surface area contributed by atoms with Crippen molar-refractivity contribution in [2.45, 2.75) is 19.4 Å². The van der Waals surface area contributed by atoms with E-state index < -0.39 is 0 Å². The molecule has 0 fully saturated rings. The Balaban J connectivity index is 1.78. The monoisotopic (exact) mass is 265 g/mol. The first-order valence-electron chi connectivity index (χ1n) is 6.17. The Labute approximate surface area is 111 Å². The van der Waals surface area contributed by atoms with Gasteiger partial charge in [0.1, 0.15) is 0 Å². The van der Waals surface area contributed by atoms with Crippen molar-refractivity contribution in [3.05, 3.63) is 29.3 Å². The zero-order chi connectivity index (χ0) is 12.6. The Bertz CT molecular complexity index is 439. The number of nitrogens with one attached hydrogen (secondary N) is 2. The molecule has 0 saturated heterocycles. The van der Waals surface area contributed by atoms with Crippen molar-refractivity contribution in [1.29, 1.82) is 0 Å². The third-order valence-corrected chi connectivity index (χ3v) is 3.64. The minimum absolute atomic E-state index is 0.841. The Morgan fingerprint density at radius 1 is 1.44 bits per heavy atom. The van der Waals surface area contributed by atoms with Crippen LogP contribution >= 0.6 is 11.3 Å². The zero-order valence-corrected chi connectivity index (χ0v) is 11.4. The van der Waals surface area contributed by atoms with Crippen LogP contribution in [0.2, 0.25) is 0 Å². The zero-order valence-electron chi connectivity index (χ0n) is 10.6. The van der Waals surface area contributed by atoms with E-state index in [4.69, 9.17) is 4.74 Å². The second-order valence-corrected chi connectivity index (χ2v) is 5.07. The summed E-state index contributed by atoms with van der Waals surface area (Å²) in [4.78, 5) is 1.24. The van der Waals surface area contributed by atoms with Crippen molar-refractivity contribution in [3.63, 3.8) is 0 Å².